The molecule has 0 fully saturated rings. The fourth-order valence-electron chi connectivity index (χ4n) is 1.47. The number of benzene rings is 1. The molecule has 1 aromatic rings. The summed E-state index contributed by atoms with van der Waals surface area (Å²) in [4.78, 5) is 0. The second kappa shape index (κ2) is 6.40. The minimum absolute atomic E-state index is 0.0291. The van der Waals surface area contributed by atoms with Gasteiger partial charge in [-0.25, -0.2) is 4.39 Å². The van der Waals surface area contributed by atoms with E-state index >= 15 is 0 Å². The smallest absolute Gasteiger partial charge is 0.176 e. The molecule has 0 radical (unpaired) electrons. The van der Waals surface area contributed by atoms with E-state index in [4.69, 9.17) is 32.7 Å². The molecule has 96 valence electrons. The van der Waals surface area contributed by atoms with E-state index < -0.39 is 12.1 Å². The van der Waals surface area contributed by atoms with Crippen molar-refractivity contribution in [3.63, 3.8) is 0 Å². The van der Waals surface area contributed by atoms with Crippen LogP contribution in [-0.4, -0.2) is 26.6 Å². The van der Waals surface area contributed by atoms with Crippen molar-refractivity contribution in [3.05, 3.63) is 28.0 Å². The van der Waals surface area contributed by atoms with E-state index in [0.717, 1.165) is 0 Å². The summed E-state index contributed by atoms with van der Waals surface area (Å²) in [6.45, 7) is 1.86. The number of nitrogens with one attached hydrogen (secondary N) is 1. The van der Waals surface area contributed by atoms with Crippen LogP contribution in [0.15, 0.2) is 12.1 Å². The molecule has 0 spiro atoms. The molecule has 1 atom stereocenters. The van der Waals surface area contributed by atoms with E-state index in [2.05, 4.69) is 5.32 Å². The van der Waals surface area contributed by atoms with Crippen molar-refractivity contribution in [1.29, 1.82) is 0 Å². The Morgan fingerprint density at radius 2 is 1.65 bits per heavy atom. The van der Waals surface area contributed by atoms with Gasteiger partial charge in [0.2, 0.25) is 0 Å². The Bertz CT molecular complexity index is 363. The fraction of sp³-hybridized carbons (Fsp3) is 0.455. The Morgan fingerprint density at radius 1 is 1.18 bits per heavy atom. The van der Waals surface area contributed by atoms with Gasteiger partial charge in [-0.05, 0) is 19.1 Å². The lowest BCUT2D eigenvalue weighted by Crippen LogP contribution is -2.33. The van der Waals surface area contributed by atoms with E-state index in [1.54, 1.807) is 0 Å². The normalized spacial score (nSPS) is 12.9. The Labute approximate surface area is 110 Å². The van der Waals surface area contributed by atoms with Gasteiger partial charge in [-0.1, -0.05) is 23.2 Å². The molecule has 1 rings (SSSR count). The van der Waals surface area contributed by atoms with Crippen LogP contribution in [0.5, 0.6) is 0 Å². The number of hydrogen-bond acceptors (Lipinski definition) is 3. The number of methoxy groups -OCH3 is 2. The quantitative estimate of drug-likeness (QED) is 0.661. The maximum atomic E-state index is 13.2. The molecular weight excluding hydrogens is 268 g/mol. The first-order valence-electron chi connectivity index (χ1n) is 4.96. The summed E-state index contributed by atoms with van der Waals surface area (Å²) in [5, 5.41) is 3.01. The van der Waals surface area contributed by atoms with Crippen LogP contribution in [0.1, 0.15) is 6.92 Å². The summed E-state index contributed by atoms with van der Waals surface area (Å²) in [5.74, 6) is -0.624. The summed E-state index contributed by atoms with van der Waals surface area (Å²) in [5.41, 5.74) is 0.605. The highest BCUT2D eigenvalue weighted by Crippen LogP contribution is 2.27. The van der Waals surface area contributed by atoms with Crippen LogP contribution < -0.4 is 5.32 Å². The molecule has 0 bridgehead atoms. The number of hydrogen-bond donors (Lipinski definition) is 1. The zero-order valence-corrected chi connectivity index (χ0v) is 11.3. The molecule has 0 aliphatic heterocycles. The molecule has 0 aliphatic rings. The number of rotatable bonds is 5. The molecular formula is C11H14Cl2FNO2. The zero-order chi connectivity index (χ0) is 13.0. The van der Waals surface area contributed by atoms with E-state index in [1.807, 2.05) is 6.92 Å². The van der Waals surface area contributed by atoms with Crippen molar-refractivity contribution in [2.24, 2.45) is 0 Å². The summed E-state index contributed by atoms with van der Waals surface area (Å²) in [6.07, 6.45) is -0.419. The molecule has 1 N–H and O–H groups in total. The maximum absolute atomic E-state index is 13.2. The first-order valence-corrected chi connectivity index (χ1v) is 5.71. The zero-order valence-electron chi connectivity index (χ0n) is 9.76. The van der Waals surface area contributed by atoms with Gasteiger partial charge in [0.25, 0.3) is 0 Å². The van der Waals surface area contributed by atoms with Gasteiger partial charge < -0.3 is 14.8 Å². The van der Waals surface area contributed by atoms with Gasteiger partial charge in [0.1, 0.15) is 0 Å². The minimum Gasteiger partial charge on any atom is -0.377 e. The molecule has 0 saturated heterocycles. The summed E-state index contributed by atoms with van der Waals surface area (Å²) >= 11 is 11.4. The minimum atomic E-state index is -0.624. The van der Waals surface area contributed by atoms with Crippen molar-refractivity contribution < 1.29 is 13.9 Å². The molecule has 6 heteroatoms. The monoisotopic (exact) mass is 281 g/mol. The molecule has 0 saturated carbocycles. The maximum Gasteiger partial charge on any atom is 0.176 e. The lowest BCUT2D eigenvalue weighted by Gasteiger charge is -2.23. The summed E-state index contributed by atoms with van der Waals surface area (Å²) in [7, 11) is 3.08. The van der Waals surface area contributed by atoms with Gasteiger partial charge >= 0.3 is 0 Å². The first kappa shape index (κ1) is 14.5. The molecule has 3 nitrogen and oxygen atoms in total. The van der Waals surface area contributed by atoms with Gasteiger partial charge in [0, 0.05) is 19.9 Å². The third-order valence-electron chi connectivity index (χ3n) is 2.25. The number of anilines is 1. The average Bonchev–Trinajstić information content (AvgIpc) is 2.27. The Kier molecular flexibility index (Phi) is 5.46. The Morgan fingerprint density at radius 3 is 2.06 bits per heavy atom. The van der Waals surface area contributed by atoms with Crippen LogP contribution in [-0.2, 0) is 9.47 Å². The van der Waals surface area contributed by atoms with Crippen molar-refractivity contribution >= 4 is 28.9 Å². The van der Waals surface area contributed by atoms with Gasteiger partial charge in [-0.3, -0.25) is 0 Å². The number of ether oxygens (including phenoxy) is 2. The van der Waals surface area contributed by atoms with E-state index in [0.29, 0.717) is 5.69 Å². The third kappa shape index (κ3) is 3.71. The predicted octanol–water partition coefficient (Wildman–Crippen LogP) is 3.55. The fourth-order valence-corrected chi connectivity index (χ4v) is 1.96. The Hall–Kier alpha value is -0.550. The second-order valence-corrected chi connectivity index (χ2v) is 4.34. The highest BCUT2D eigenvalue weighted by molar-refractivity contribution is 6.35. The van der Waals surface area contributed by atoms with E-state index in [-0.39, 0.29) is 16.1 Å². The van der Waals surface area contributed by atoms with E-state index in [9.17, 15) is 4.39 Å². The van der Waals surface area contributed by atoms with Crippen LogP contribution in [0.4, 0.5) is 10.1 Å². The third-order valence-corrected chi connectivity index (χ3v) is 2.80. The molecule has 17 heavy (non-hydrogen) atoms. The van der Waals surface area contributed by atoms with Gasteiger partial charge in [-0.2, -0.15) is 0 Å². The van der Waals surface area contributed by atoms with Crippen molar-refractivity contribution in [3.8, 4) is 0 Å². The highest BCUT2D eigenvalue weighted by atomic mass is 35.5. The van der Waals surface area contributed by atoms with E-state index in [1.165, 1.54) is 26.4 Å². The Balaban J connectivity index is 2.81. The van der Waals surface area contributed by atoms with Crippen molar-refractivity contribution in [1.82, 2.24) is 0 Å². The second-order valence-electron chi connectivity index (χ2n) is 3.53. The van der Waals surface area contributed by atoms with Gasteiger partial charge in [0.05, 0.1) is 16.1 Å². The largest absolute Gasteiger partial charge is 0.377 e. The lowest BCUT2D eigenvalue weighted by molar-refractivity contribution is -0.109. The molecule has 1 aromatic carbocycles. The van der Waals surface area contributed by atoms with Crippen LogP contribution in [0, 0.1) is 5.82 Å². The standard InChI is InChI=1S/C11H14Cl2FNO2/c1-6(11(16-2)17-3)15-7-4-8(12)10(14)9(13)5-7/h4-6,11,15H,1-3H3. The molecule has 0 aliphatic carbocycles. The van der Waals surface area contributed by atoms with Gasteiger partial charge in [0.15, 0.2) is 12.1 Å². The SMILES string of the molecule is COC(OC)C(C)Nc1cc(Cl)c(F)c(Cl)c1. The van der Waals surface area contributed by atoms with Crippen LogP contribution >= 0.6 is 23.2 Å². The molecule has 0 heterocycles. The van der Waals surface area contributed by atoms with Gasteiger partial charge in [-0.15, -0.1) is 0 Å². The highest BCUT2D eigenvalue weighted by Gasteiger charge is 2.16. The lowest BCUT2D eigenvalue weighted by atomic mass is 10.2. The van der Waals surface area contributed by atoms with Crippen LogP contribution in [0.3, 0.4) is 0 Å². The molecule has 1 unspecified atom stereocenters. The van der Waals surface area contributed by atoms with Crippen molar-refractivity contribution in [2.75, 3.05) is 19.5 Å². The average molecular weight is 282 g/mol. The van der Waals surface area contributed by atoms with Crippen molar-refractivity contribution in [2.45, 2.75) is 19.3 Å². The molecule has 0 amide bonds. The predicted molar refractivity (Wildman–Crippen MR) is 67.3 cm³/mol. The number of halogens is 3. The van der Waals surface area contributed by atoms with Crippen LogP contribution in [0.25, 0.3) is 0 Å². The summed E-state index contributed by atoms with van der Waals surface area (Å²) < 4.78 is 23.4. The topological polar surface area (TPSA) is 30.5 Å². The first-order chi connectivity index (χ1) is 7.99. The molecule has 0 aromatic heterocycles. The summed E-state index contributed by atoms with van der Waals surface area (Å²) in [6, 6.07) is 2.78. The van der Waals surface area contributed by atoms with Crippen LogP contribution in [0.2, 0.25) is 10.0 Å².